The van der Waals surface area contributed by atoms with Crippen LogP contribution in [0.25, 0.3) is 0 Å². The molecular weight excluding hydrogens is 242 g/mol. The van der Waals surface area contributed by atoms with Crippen molar-refractivity contribution in [1.29, 1.82) is 0 Å². The molecule has 1 saturated heterocycles. The minimum absolute atomic E-state index is 0.145. The third-order valence-electron chi connectivity index (χ3n) is 4.01. The molecule has 0 aromatic carbocycles. The van der Waals surface area contributed by atoms with E-state index in [-0.39, 0.29) is 18.1 Å². The molecule has 0 N–H and O–H groups in total. The van der Waals surface area contributed by atoms with E-state index in [4.69, 9.17) is 9.57 Å². The minimum atomic E-state index is -0.334. The molecule has 4 heteroatoms. The van der Waals surface area contributed by atoms with Gasteiger partial charge in [0.15, 0.2) is 6.29 Å². The number of hydroxylamine groups is 2. The summed E-state index contributed by atoms with van der Waals surface area (Å²) in [7, 11) is 0. The van der Waals surface area contributed by atoms with Crippen LogP contribution in [-0.2, 0) is 14.4 Å². The Hall–Kier alpha value is -0.610. The Morgan fingerprint density at radius 2 is 1.95 bits per heavy atom. The van der Waals surface area contributed by atoms with E-state index in [0.29, 0.717) is 12.5 Å². The van der Waals surface area contributed by atoms with E-state index >= 15 is 0 Å². The predicted octanol–water partition coefficient (Wildman–Crippen LogP) is 2.98. The third-order valence-corrected chi connectivity index (χ3v) is 4.01. The highest BCUT2D eigenvalue weighted by atomic mass is 16.8. The van der Waals surface area contributed by atoms with Gasteiger partial charge in [0.05, 0.1) is 19.1 Å². The Morgan fingerprint density at radius 3 is 2.53 bits per heavy atom. The number of ether oxygens (including phenoxy) is 1. The first-order chi connectivity index (χ1) is 9.06. The zero-order chi connectivity index (χ0) is 13.8. The summed E-state index contributed by atoms with van der Waals surface area (Å²) >= 11 is 0. The highest BCUT2D eigenvalue weighted by molar-refractivity contribution is 5.83. The molecular formula is C15H27NO3. The van der Waals surface area contributed by atoms with Crippen molar-refractivity contribution in [2.24, 2.45) is 17.8 Å². The van der Waals surface area contributed by atoms with Crippen molar-refractivity contribution in [1.82, 2.24) is 5.06 Å². The molecule has 0 radical (unpaired) electrons. The lowest BCUT2D eigenvalue weighted by molar-refractivity contribution is -0.290. The molecule has 1 heterocycles. The molecule has 1 amide bonds. The monoisotopic (exact) mass is 269 g/mol. The van der Waals surface area contributed by atoms with Crippen LogP contribution in [-0.4, -0.2) is 30.4 Å². The van der Waals surface area contributed by atoms with E-state index in [9.17, 15) is 4.79 Å². The van der Waals surface area contributed by atoms with Gasteiger partial charge in [-0.15, -0.1) is 0 Å². The quantitative estimate of drug-likeness (QED) is 0.527. The second-order valence-corrected chi connectivity index (χ2v) is 6.38. The summed E-state index contributed by atoms with van der Waals surface area (Å²) in [6, 6.07) is 0. The van der Waals surface area contributed by atoms with E-state index < -0.39 is 0 Å². The highest BCUT2D eigenvalue weighted by Gasteiger charge is 2.40. The van der Waals surface area contributed by atoms with Crippen molar-refractivity contribution < 1.29 is 14.4 Å². The second-order valence-electron chi connectivity index (χ2n) is 6.38. The van der Waals surface area contributed by atoms with E-state index in [1.54, 1.807) is 0 Å². The molecule has 0 spiro atoms. The number of hydrogen-bond donors (Lipinski definition) is 0. The van der Waals surface area contributed by atoms with Crippen LogP contribution in [0.15, 0.2) is 0 Å². The molecule has 1 unspecified atom stereocenters. The maximum atomic E-state index is 12.0. The van der Waals surface area contributed by atoms with Crippen molar-refractivity contribution in [2.45, 2.75) is 59.2 Å². The Morgan fingerprint density at radius 1 is 1.26 bits per heavy atom. The maximum absolute atomic E-state index is 12.0. The van der Waals surface area contributed by atoms with Crippen LogP contribution < -0.4 is 0 Å². The summed E-state index contributed by atoms with van der Waals surface area (Å²) in [6.45, 7) is 7.44. The van der Waals surface area contributed by atoms with Gasteiger partial charge in [-0.1, -0.05) is 39.5 Å². The number of β-lactam (4-membered cyclic amide) rings is 1. The van der Waals surface area contributed by atoms with Crippen LogP contribution in [0.2, 0.25) is 0 Å². The summed E-state index contributed by atoms with van der Waals surface area (Å²) < 4.78 is 5.51. The number of carbonyl (C=O) groups is 1. The molecule has 19 heavy (non-hydrogen) atoms. The van der Waals surface area contributed by atoms with Crippen LogP contribution in [0.4, 0.5) is 0 Å². The fourth-order valence-electron chi connectivity index (χ4n) is 2.92. The zero-order valence-electron chi connectivity index (χ0n) is 12.4. The third kappa shape index (κ3) is 4.18. The van der Waals surface area contributed by atoms with E-state index in [1.807, 2.05) is 6.92 Å². The Kier molecular flexibility index (Phi) is 5.22. The fourth-order valence-corrected chi connectivity index (χ4v) is 2.92. The van der Waals surface area contributed by atoms with Gasteiger partial charge in [-0.3, -0.25) is 4.79 Å². The number of hydrogen-bond acceptors (Lipinski definition) is 3. The molecule has 0 bridgehead atoms. The number of rotatable bonds is 7. The van der Waals surface area contributed by atoms with Gasteiger partial charge in [0, 0.05) is 0 Å². The van der Waals surface area contributed by atoms with Crippen molar-refractivity contribution in [3.05, 3.63) is 0 Å². The van der Waals surface area contributed by atoms with Crippen LogP contribution in [0.3, 0.4) is 0 Å². The molecule has 2 atom stereocenters. The second kappa shape index (κ2) is 6.71. The van der Waals surface area contributed by atoms with Gasteiger partial charge < -0.3 is 4.74 Å². The summed E-state index contributed by atoms with van der Waals surface area (Å²) in [6.07, 6.45) is 6.01. The molecule has 1 saturated carbocycles. The number of amides is 1. The lowest BCUT2D eigenvalue weighted by atomic mass is 9.88. The molecule has 2 aliphatic rings. The van der Waals surface area contributed by atoms with Crippen LogP contribution in [0.1, 0.15) is 52.9 Å². The summed E-state index contributed by atoms with van der Waals surface area (Å²) in [5, 5.41) is 1.48. The van der Waals surface area contributed by atoms with Crippen molar-refractivity contribution in [2.75, 3.05) is 13.2 Å². The van der Waals surface area contributed by atoms with E-state index in [0.717, 1.165) is 18.9 Å². The van der Waals surface area contributed by atoms with Gasteiger partial charge in [-0.05, 0) is 25.2 Å². The van der Waals surface area contributed by atoms with Gasteiger partial charge in [0.25, 0.3) is 5.91 Å². The van der Waals surface area contributed by atoms with E-state index in [1.165, 1.54) is 30.7 Å². The SMILES string of the molecule is CC(C)COC(C)ON1C[C@@H](CC2CCCC2)C1=O. The number of nitrogens with zero attached hydrogens (tertiary/aromatic N) is 1. The normalized spacial score (nSPS) is 26.0. The van der Waals surface area contributed by atoms with Gasteiger partial charge in [-0.25, -0.2) is 9.90 Å². The van der Waals surface area contributed by atoms with Crippen molar-refractivity contribution >= 4 is 5.91 Å². The van der Waals surface area contributed by atoms with Gasteiger partial charge >= 0.3 is 0 Å². The maximum Gasteiger partial charge on any atom is 0.251 e. The summed E-state index contributed by atoms with van der Waals surface area (Å²) in [5.41, 5.74) is 0. The number of carbonyl (C=O) groups excluding carboxylic acids is 1. The molecule has 0 aromatic heterocycles. The van der Waals surface area contributed by atoms with Gasteiger partial charge in [-0.2, -0.15) is 0 Å². The molecule has 4 nitrogen and oxygen atoms in total. The van der Waals surface area contributed by atoms with Crippen LogP contribution in [0, 0.1) is 17.8 Å². The zero-order valence-corrected chi connectivity index (χ0v) is 12.4. The average Bonchev–Trinajstić information content (AvgIpc) is 2.87. The lowest BCUT2D eigenvalue weighted by Crippen LogP contribution is -2.54. The smallest absolute Gasteiger partial charge is 0.251 e. The lowest BCUT2D eigenvalue weighted by Gasteiger charge is -2.39. The summed E-state index contributed by atoms with van der Waals surface area (Å²) in [4.78, 5) is 17.5. The first kappa shape index (κ1) is 14.8. The minimum Gasteiger partial charge on any atom is -0.350 e. The molecule has 110 valence electrons. The van der Waals surface area contributed by atoms with E-state index in [2.05, 4.69) is 13.8 Å². The first-order valence-electron chi connectivity index (χ1n) is 7.66. The molecule has 1 aliphatic carbocycles. The fraction of sp³-hybridized carbons (Fsp3) is 0.933. The predicted molar refractivity (Wildman–Crippen MR) is 73.1 cm³/mol. The largest absolute Gasteiger partial charge is 0.350 e. The topological polar surface area (TPSA) is 38.8 Å². The Bertz CT molecular complexity index is 300. The molecule has 1 aliphatic heterocycles. The molecule has 2 rings (SSSR count). The van der Waals surface area contributed by atoms with Crippen LogP contribution in [0.5, 0.6) is 0 Å². The van der Waals surface area contributed by atoms with Gasteiger partial charge in [0.2, 0.25) is 0 Å². The van der Waals surface area contributed by atoms with Crippen molar-refractivity contribution in [3.63, 3.8) is 0 Å². The average molecular weight is 269 g/mol. The van der Waals surface area contributed by atoms with Crippen molar-refractivity contribution in [3.8, 4) is 0 Å². The Balaban J connectivity index is 1.63. The standard InChI is InChI=1S/C15H27NO3/c1-11(2)10-18-12(3)19-16-9-14(15(16)17)8-13-6-4-5-7-13/h11-14H,4-10H2,1-3H3/t12?,14-/m1/s1. The Labute approximate surface area is 116 Å². The first-order valence-corrected chi connectivity index (χ1v) is 7.66. The molecule has 0 aromatic rings. The summed E-state index contributed by atoms with van der Waals surface area (Å²) in [5.74, 6) is 1.59. The highest BCUT2D eigenvalue weighted by Crippen LogP contribution is 2.34. The van der Waals surface area contributed by atoms with Crippen LogP contribution >= 0.6 is 0 Å². The van der Waals surface area contributed by atoms with Gasteiger partial charge in [0.1, 0.15) is 0 Å². The molecule has 2 fully saturated rings.